The number of rotatable bonds is 9. The lowest BCUT2D eigenvalue weighted by Crippen LogP contribution is -2.07. The fraction of sp³-hybridized carbons (Fsp3) is 0.438. The molecule has 0 aliphatic heterocycles. The highest BCUT2D eigenvalue weighted by molar-refractivity contribution is 5.72. The molecule has 0 bridgehead atoms. The number of allylic oxidation sites excluding steroid dienone is 1. The standard InChI is InChI=1S/C16H23NO2/c1-2-3-4-5-6-7-8-9-16(18)19-15-12-10-14(17)11-13-15/h2,10-13H,1,3-9,17H2. The van der Waals surface area contributed by atoms with Crippen LogP contribution in [0.15, 0.2) is 36.9 Å². The second-order valence-corrected chi connectivity index (χ2v) is 4.64. The number of carbonyl (C=O) groups excluding carboxylic acids is 1. The minimum Gasteiger partial charge on any atom is -0.427 e. The number of carbonyl (C=O) groups is 1. The van der Waals surface area contributed by atoms with Crippen LogP contribution in [0.1, 0.15) is 44.9 Å². The van der Waals surface area contributed by atoms with E-state index in [0.717, 1.165) is 19.3 Å². The molecule has 0 heterocycles. The molecule has 0 atom stereocenters. The highest BCUT2D eigenvalue weighted by Gasteiger charge is 2.04. The Morgan fingerprint density at radius 1 is 1.11 bits per heavy atom. The third-order valence-electron chi connectivity index (χ3n) is 2.90. The number of nitrogen functional groups attached to an aromatic ring is 1. The highest BCUT2D eigenvalue weighted by atomic mass is 16.5. The summed E-state index contributed by atoms with van der Waals surface area (Å²) in [6, 6.07) is 6.87. The summed E-state index contributed by atoms with van der Waals surface area (Å²) < 4.78 is 5.21. The summed E-state index contributed by atoms with van der Waals surface area (Å²) in [5.74, 6) is 0.390. The van der Waals surface area contributed by atoms with Crippen LogP contribution in [0.4, 0.5) is 5.69 Å². The van der Waals surface area contributed by atoms with Crippen LogP contribution < -0.4 is 10.5 Å². The van der Waals surface area contributed by atoms with Gasteiger partial charge >= 0.3 is 5.97 Å². The smallest absolute Gasteiger partial charge is 0.311 e. The van der Waals surface area contributed by atoms with E-state index >= 15 is 0 Å². The van der Waals surface area contributed by atoms with Crippen LogP contribution in [-0.4, -0.2) is 5.97 Å². The summed E-state index contributed by atoms with van der Waals surface area (Å²) >= 11 is 0. The fourth-order valence-corrected chi connectivity index (χ4v) is 1.81. The van der Waals surface area contributed by atoms with Crippen molar-refractivity contribution in [1.82, 2.24) is 0 Å². The number of hydrogen-bond donors (Lipinski definition) is 1. The molecule has 0 radical (unpaired) electrons. The zero-order valence-electron chi connectivity index (χ0n) is 11.4. The average molecular weight is 261 g/mol. The molecule has 0 aliphatic carbocycles. The number of hydrogen-bond acceptors (Lipinski definition) is 3. The van der Waals surface area contributed by atoms with Gasteiger partial charge in [0.05, 0.1) is 0 Å². The van der Waals surface area contributed by atoms with Crippen LogP contribution in [0.2, 0.25) is 0 Å². The van der Waals surface area contributed by atoms with Crippen molar-refractivity contribution in [3.8, 4) is 5.75 Å². The van der Waals surface area contributed by atoms with Crippen LogP contribution in [0.5, 0.6) is 5.75 Å². The van der Waals surface area contributed by atoms with E-state index in [1.807, 2.05) is 6.08 Å². The third-order valence-corrected chi connectivity index (χ3v) is 2.90. The third kappa shape index (κ3) is 7.29. The molecule has 1 aromatic carbocycles. The van der Waals surface area contributed by atoms with E-state index in [9.17, 15) is 4.79 Å². The van der Waals surface area contributed by atoms with E-state index in [0.29, 0.717) is 17.9 Å². The van der Waals surface area contributed by atoms with Gasteiger partial charge in [-0.2, -0.15) is 0 Å². The molecule has 0 spiro atoms. The number of nitrogens with two attached hydrogens (primary N) is 1. The minimum atomic E-state index is -0.170. The maximum absolute atomic E-state index is 11.6. The maximum atomic E-state index is 11.6. The second kappa shape index (κ2) is 9.20. The Labute approximate surface area is 115 Å². The van der Waals surface area contributed by atoms with Crippen LogP contribution in [0.3, 0.4) is 0 Å². The fourth-order valence-electron chi connectivity index (χ4n) is 1.81. The van der Waals surface area contributed by atoms with Gasteiger partial charge in [0.15, 0.2) is 0 Å². The van der Waals surface area contributed by atoms with Gasteiger partial charge in [0, 0.05) is 12.1 Å². The van der Waals surface area contributed by atoms with Crippen molar-refractivity contribution >= 4 is 11.7 Å². The predicted molar refractivity (Wildman–Crippen MR) is 79.0 cm³/mol. The summed E-state index contributed by atoms with van der Waals surface area (Å²) in [7, 11) is 0. The molecule has 1 rings (SSSR count). The lowest BCUT2D eigenvalue weighted by atomic mass is 10.1. The first-order chi connectivity index (χ1) is 9.22. The maximum Gasteiger partial charge on any atom is 0.311 e. The van der Waals surface area contributed by atoms with E-state index < -0.39 is 0 Å². The summed E-state index contributed by atoms with van der Waals surface area (Å²) in [5, 5.41) is 0. The average Bonchev–Trinajstić information content (AvgIpc) is 2.40. The Bertz CT molecular complexity index is 384. The largest absolute Gasteiger partial charge is 0.427 e. The van der Waals surface area contributed by atoms with Crippen molar-refractivity contribution in [2.75, 3.05) is 5.73 Å². The lowest BCUT2D eigenvalue weighted by Gasteiger charge is -2.04. The van der Waals surface area contributed by atoms with E-state index in [1.165, 1.54) is 19.3 Å². The lowest BCUT2D eigenvalue weighted by molar-refractivity contribution is -0.134. The summed E-state index contributed by atoms with van der Waals surface area (Å²) in [4.78, 5) is 11.6. The Morgan fingerprint density at radius 2 is 1.74 bits per heavy atom. The van der Waals surface area contributed by atoms with Crippen molar-refractivity contribution in [3.63, 3.8) is 0 Å². The van der Waals surface area contributed by atoms with Crippen LogP contribution in [0, 0.1) is 0 Å². The number of unbranched alkanes of at least 4 members (excludes halogenated alkanes) is 5. The molecule has 3 nitrogen and oxygen atoms in total. The first kappa shape index (κ1) is 15.3. The van der Waals surface area contributed by atoms with Gasteiger partial charge in [-0.05, 0) is 43.5 Å². The normalized spacial score (nSPS) is 10.1. The number of ether oxygens (including phenoxy) is 1. The van der Waals surface area contributed by atoms with Gasteiger partial charge in [-0.1, -0.05) is 25.3 Å². The molecule has 19 heavy (non-hydrogen) atoms. The Morgan fingerprint density at radius 3 is 2.42 bits per heavy atom. The summed E-state index contributed by atoms with van der Waals surface area (Å²) in [5.41, 5.74) is 6.23. The summed E-state index contributed by atoms with van der Waals surface area (Å²) in [6.45, 7) is 3.69. The molecule has 0 saturated heterocycles. The molecular formula is C16H23NO2. The summed E-state index contributed by atoms with van der Waals surface area (Å²) in [6.07, 6.45) is 9.05. The van der Waals surface area contributed by atoms with Gasteiger partial charge in [-0.3, -0.25) is 4.79 Å². The van der Waals surface area contributed by atoms with E-state index in [4.69, 9.17) is 10.5 Å². The highest BCUT2D eigenvalue weighted by Crippen LogP contribution is 2.14. The van der Waals surface area contributed by atoms with E-state index in [-0.39, 0.29) is 5.97 Å². The topological polar surface area (TPSA) is 52.3 Å². The molecule has 3 heteroatoms. The number of anilines is 1. The van der Waals surface area contributed by atoms with Crippen molar-refractivity contribution in [2.45, 2.75) is 44.9 Å². The van der Waals surface area contributed by atoms with Gasteiger partial charge in [0.2, 0.25) is 0 Å². The molecule has 2 N–H and O–H groups in total. The SMILES string of the molecule is C=CCCCCCCCC(=O)Oc1ccc(N)cc1. The molecule has 0 amide bonds. The van der Waals surface area contributed by atoms with Gasteiger partial charge in [-0.15, -0.1) is 6.58 Å². The monoisotopic (exact) mass is 261 g/mol. The zero-order valence-corrected chi connectivity index (χ0v) is 11.4. The minimum absolute atomic E-state index is 0.170. The molecule has 1 aromatic rings. The molecule has 104 valence electrons. The Hall–Kier alpha value is -1.77. The Kier molecular flexibility index (Phi) is 7.40. The van der Waals surface area contributed by atoms with Crippen molar-refractivity contribution < 1.29 is 9.53 Å². The first-order valence-corrected chi connectivity index (χ1v) is 6.89. The molecule has 0 saturated carbocycles. The van der Waals surface area contributed by atoms with Crippen LogP contribution in [-0.2, 0) is 4.79 Å². The quantitative estimate of drug-likeness (QED) is 0.239. The number of benzene rings is 1. The van der Waals surface area contributed by atoms with Crippen molar-refractivity contribution in [1.29, 1.82) is 0 Å². The zero-order chi connectivity index (χ0) is 13.9. The van der Waals surface area contributed by atoms with Gasteiger partial charge in [0.1, 0.15) is 5.75 Å². The van der Waals surface area contributed by atoms with Crippen molar-refractivity contribution in [2.24, 2.45) is 0 Å². The molecule has 0 unspecified atom stereocenters. The van der Waals surface area contributed by atoms with Crippen molar-refractivity contribution in [3.05, 3.63) is 36.9 Å². The van der Waals surface area contributed by atoms with E-state index in [1.54, 1.807) is 24.3 Å². The molecule has 0 aromatic heterocycles. The Balaban J connectivity index is 2.08. The first-order valence-electron chi connectivity index (χ1n) is 6.89. The molecule has 0 fully saturated rings. The molecule has 0 aliphatic rings. The number of esters is 1. The predicted octanol–water partition coefficient (Wildman–Crippen LogP) is 4.09. The second-order valence-electron chi connectivity index (χ2n) is 4.64. The van der Waals surface area contributed by atoms with E-state index in [2.05, 4.69) is 6.58 Å². The van der Waals surface area contributed by atoms with Gasteiger partial charge in [-0.25, -0.2) is 0 Å². The van der Waals surface area contributed by atoms with Gasteiger partial charge < -0.3 is 10.5 Å². The van der Waals surface area contributed by atoms with Crippen LogP contribution in [0.25, 0.3) is 0 Å². The van der Waals surface area contributed by atoms with Gasteiger partial charge in [0.25, 0.3) is 0 Å². The van der Waals surface area contributed by atoms with Crippen LogP contribution >= 0.6 is 0 Å². The molecular weight excluding hydrogens is 238 g/mol.